The van der Waals surface area contributed by atoms with Crippen LogP contribution in [0.4, 0.5) is 0 Å². The Balaban J connectivity index is 1.82. The van der Waals surface area contributed by atoms with Crippen LogP contribution < -0.4 is 4.74 Å². The topological polar surface area (TPSA) is 21.7 Å². The van der Waals surface area contributed by atoms with Crippen molar-refractivity contribution in [1.29, 1.82) is 0 Å². The predicted octanol–water partition coefficient (Wildman–Crippen LogP) is 3.61. The average molecular weight is 291 g/mol. The Morgan fingerprint density at radius 2 is 1.90 bits per heavy atom. The summed E-state index contributed by atoms with van der Waals surface area (Å²) in [5, 5.41) is 0. The Kier molecular flexibility index (Phi) is 5.65. The van der Waals surface area contributed by atoms with E-state index in [2.05, 4.69) is 57.7 Å². The highest BCUT2D eigenvalue weighted by atomic mass is 16.5. The van der Waals surface area contributed by atoms with Crippen LogP contribution in [0.3, 0.4) is 0 Å². The summed E-state index contributed by atoms with van der Waals surface area (Å²) < 4.78 is 11.7. The summed E-state index contributed by atoms with van der Waals surface area (Å²) in [6, 6.07) is 6.43. The minimum absolute atomic E-state index is 0.321. The molecule has 0 spiro atoms. The van der Waals surface area contributed by atoms with Crippen molar-refractivity contribution in [2.75, 3.05) is 26.2 Å². The van der Waals surface area contributed by atoms with Gasteiger partial charge < -0.3 is 9.47 Å². The van der Waals surface area contributed by atoms with Crippen molar-refractivity contribution < 1.29 is 9.47 Å². The number of hydrogen-bond donors (Lipinski definition) is 0. The maximum atomic E-state index is 5.91. The number of hydrogen-bond acceptors (Lipinski definition) is 3. The van der Waals surface area contributed by atoms with E-state index in [1.165, 1.54) is 11.1 Å². The van der Waals surface area contributed by atoms with E-state index in [1.54, 1.807) is 0 Å². The monoisotopic (exact) mass is 291 g/mol. The molecule has 0 N–H and O–H groups in total. The third-order valence-corrected chi connectivity index (χ3v) is 4.03. The lowest BCUT2D eigenvalue weighted by Crippen LogP contribution is -2.46. The average Bonchev–Trinajstić information content (AvgIpc) is 2.37. The van der Waals surface area contributed by atoms with Gasteiger partial charge in [-0.15, -0.1) is 0 Å². The molecule has 1 aromatic carbocycles. The van der Waals surface area contributed by atoms with Gasteiger partial charge in [-0.2, -0.15) is 0 Å². The fourth-order valence-electron chi connectivity index (χ4n) is 3.15. The van der Waals surface area contributed by atoms with Crippen molar-refractivity contribution in [3.05, 3.63) is 29.3 Å². The SMILES string of the molecule is Cc1cc(OCCN2C[C@@H](C)O[C@@H](C)C2)ccc1C(C)C. The number of aryl methyl sites for hydroxylation is 1. The summed E-state index contributed by atoms with van der Waals surface area (Å²) in [6.07, 6.45) is 0.641. The van der Waals surface area contributed by atoms with E-state index >= 15 is 0 Å². The Morgan fingerprint density at radius 3 is 2.48 bits per heavy atom. The van der Waals surface area contributed by atoms with E-state index in [0.717, 1.165) is 32.0 Å². The second kappa shape index (κ2) is 7.28. The molecule has 0 saturated carbocycles. The van der Waals surface area contributed by atoms with Gasteiger partial charge >= 0.3 is 0 Å². The first-order valence-corrected chi connectivity index (χ1v) is 8.07. The smallest absolute Gasteiger partial charge is 0.119 e. The predicted molar refractivity (Wildman–Crippen MR) is 87.2 cm³/mol. The largest absolute Gasteiger partial charge is 0.492 e. The molecule has 1 aliphatic rings. The van der Waals surface area contributed by atoms with Crippen LogP contribution in [-0.2, 0) is 4.74 Å². The lowest BCUT2D eigenvalue weighted by atomic mass is 9.98. The molecular formula is C18H29NO2. The van der Waals surface area contributed by atoms with Crippen LogP contribution in [0.1, 0.15) is 44.7 Å². The summed E-state index contributed by atoms with van der Waals surface area (Å²) in [7, 11) is 0. The molecule has 0 aromatic heterocycles. The molecule has 1 aromatic rings. The van der Waals surface area contributed by atoms with E-state index in [1.807, 2.05) is 0 Å². The first-order valence-electron chi connectivity index (χ1n) is 8.07. The Hall–Kier alpha value is -1.06. The third kappa shape index (κ3) is 4.72. The van der Waals surface area contributed by atoms with E-state index in [9.17, 15) is 0 Å². The molecule has 0 radical (unpaired) electrons. The third-order valence-electron chi connectivity index (χ3n) is 4.03. The second-order valence-electron chi connectivity index (χ2n) is 6.54. The molecule has 0 unspecified atom stereocenters. The van der Waals surface area contributed by atoms with Gasteiger partial charge in [0, 0.05) is 19.6 Å². The first kappa shape index (κ1) is 16.3. The van der Waals surface area contributed by atoms with Crippen molar-refractivity contribution in [3.8, 4) is 5.75 Å². The van der Waals surface area contributed by atoms with Gasteiger partial charge in [-0.1, -0.05) is 19.9 Å². The van der Waals surface area contributed by atoms with Crippen LogP contribution in [0.2, 0.25) is 0 Å². The van der Waals surface area contributed by atoms with Gasteiger partial charge in [-0.25, -0.2) is 0 Å². The van der Waals surface area contributed by atoms with E-state index in [4.69, 9.17) is 9.47 Å². The zero-order valence-electron chi connectivity index (χ0n) is 14.1. The van der Waals surface area contributed by atoms with Crippen molar-refractivity contribution in [1.82, 2.24) is 4.90 Å². The summed E-state index contributed by atoms with van der Waals surface area (Å²) >= 11 is 0. The van der Waals surface area contributed by atoms with Crippen molar-refractivity contribution in [3.63, 3.8) is 0 Å². The summed E-state index contributed by atoms with van der Waals surface area (Å²) in [4.78, 5) is 2.42. The van der Waals surface area contributed by atoms with Gasteiger partial charge in [-0.05, 0) is 49.9 Å². The van der Waals surface area contributed by atoms with Gasteiger partial charge in [0.25, 0.3) is 0 Å². The van der Waals surface area contributed by atoms with Gasteiger partial charge in [0.05, 0.1) is 12.2 Å². The highest BCUT2D eigenvalue weighted by molar-refractivity contribution is 5.36. The number of nitrogens with zero attached hydrogens (tertiary/aromatic N) is 1. The van der Waals surface area contributed by atoms with Crippen LogP contribution in [0.25, 0.3) is 0 Å². The van der Waals surface area contributed by atoms with Gasteiger partial charge in [0.2, 0.25) is 0 Å². The zero-order valence-corrected chi connectivity index (χ0v) is 14.1. The minimum atomic E-state index is 0.321. The lowest BCUT2D eigenvalue weighted by molar-refractivity contribution is -0.0699. The maximum absolute atomic E-state index is 5.91. The van der Waals surface area contributed by atoms with E-state index in [-0.39, 0.29) is 0 Å². The van der Waals surface area contributed by atoms with Crippen LogP contribution in [0, 0.1) is 6.92 Å². The molecule has 0 aliphatic carbocycles. The number of benzene rings is 1. The van der Waals surface area contributed by atoms with Gasteiger partial charge in [-0.3, -0.25) is 4.90 Å². The molecule has 21 heavy (non-hydrogen) atoms. The minimum Gasteiger partial charge on any atom is -0.492 e. The van der Waals surface area contributed by atoms with Crippen molar-refractivity contribution in [2.24, 2.45) is 0 Å². The van der Waals surface area contributed by atoms with Crippen LogP contribution in [0.15, 0.2) is 18.2 Å². The lowest BCUT2D eigenvalue weighted by Gasteiger charge is -2.35. The molecule has 1 fully saturated rings. The molecule has 1 aliphatic heterocycles. The zero-order chi connectivity index (χ0) is 15.4. The van der Waals surface area contributed by atoms with Gasteiger partial charge in [0.1, 0.15) is 12.4 Å². The molecular weight excluding hydrogens is 262 g/mol. The highest BCUT2D eigenvalue weighted by Crippen LogP contribution is 2.23. The quantitative estimate of drug-likeness (QED) is 0.827. The first-order chi connectivity index (χ1) is 9.95. The highest BCUT2D eigenvalue weighted by Gasteiger charge is 2.21. The second-order valence-corrected chi connectivity index (χ2v) is 6.54. The van der Waals surface area contributed by atoms with Crippen LogP contribution >= 0.6 is 0 Å². The fraction of sp³-hybridized carbons (Fsp3) is 0.667. The standard InChI is InChI=1S/C18H29NO2/c1-13(2)18-7-6-17(10-14(18)3)20-9-8-19-11-15(4)21-16(5)12-19/h6-7,10,13,15-16H,8-9,11-12H2,1-5H3/t15-,16+. The molecule has 118 valence electrons. The molecule has 2 atom stereocenters. The fourth-order valence-corrected chi connectivity index (χ4v) is 3.15. The number of rotatable bonds is 5. The molecule has 3 nitrogen and oxygen atoms in total. The molecule has 3 heteroatoms. The molecule has 0 bridgehead atoms. The summed E-state index contributed by atoms with van der Waals surface area (Å²) in [5.41, 5.74) is 2.72. The Labute approximate surface area is 129 Å². The molecule has 2 rings (SSSR count). The summed E-state index contributed by atoms with van der Waals surface area (Å²) in [5.74, 6) is 1.54. The maximum Gasteiger partial charge on any atom is 0.119 e. The number of morpholine rings is 1. The van der Waals surface area contributed by atoms with E-state index in [0.29, 0.717) is 18.1 Å². The Morgan fingerprint density at radius 1 is 1.24 bits per heavy atom. The normalized spacial score (nSPS) is 23.5. The number of ether oxygens (including phenoxy) is 2. The van der Waals surface area contributed by atoms with Crippen LogP contribution in [-0.4, -0.2) is 43.3 Å². The molecule has 1 heterocycles. The van der Waals surface area contributed by atoms with Crippen LogP contribution in [0.5, 0.6) is 5.75 Å². The van der Waals surface area contributed by atoms with Gasteiger partial charge in [0.15, 0.2) is 0 Å². The summed E-state index contributed by atoms with van der Waals surface area (Å²) in [6.45, 7) is 14.6. The van der Waals surface area contributed by atoms with E-state index < -0.39 is 0 Å². The molecule has 0 amide bonds. The van der Waals surface area contributed by atoms with Crippen molar-refractivity contribution >= 4 is 0 Å². The Bertz CT molecular complexity index is 449. The van der Waals surface area contributed by atoms with Crippen molar-refractivity contribution in [2.45, 2.75) is 52.7 Å². The molecule has 1 saturated heterocycles.